The number of halogens is 1. The highest BCUT2D eigenvalue weighted by atomic mass is 19.1. The number of rotatable bonds is 7. The minimum Gasteiger partial charge on any atom is -0.478 e. The zero-order chi connectivity index (χ0) is 14.3. The molecule has 1 amide bonds. The number of ether oxygens (including phenoxy) is 1. The molecule has 19 heavy (non-hydrogen) atoms. The molecule has 0 heterocycles. The summed E-state index contributed by atoms with van der Waals surface area (Å²) in [5.74, 6) is -1.05. The Bertz CT molecular complexity index is 409. The van der Waals surface area contributed by atoms with E-state index in [9.17, 15) is 9.18 Å². The Morgan fingerprint density at radius 1 is 1.37 bits per heavy atom. The molecular formula is C13H18FNO4. The fraction of sp³-hybridized carbons (Fsp3) is 0.462. The number of para-hydroxylation sites is 1. The first-order valence-electron chi connectivity index (χ1n) is 6.05. The average Bonchev–Trinajstić information content (AvgIpc) is 2.43. The van der Waals surface area contributed by atoms with E-state index in [-0.39, 0.29) is 19.0 Å². The second kappa shape index (κ2) is 7.70. The summed E-state index contributed by atoms with van der Waals surface area (Å²) in [5, 5.41) is 20.2. The van der Waals surface area contributed by atoms with E-state index in [1.165, 1.54) is 18.2 Å². The lowest BCUT2D eigenvalue weighted by Crippen LogP contribution is -2.46. The SMILES string of the molecule is CCC(Oc1ccccc1F)C(=O)NC(CO)CO. The molecular weight excluding hydrogens is 253 g/mol. The largest absolute Gasteiger partial charge is 0.478 e. The number of hydrogen-bond donors (Lipinski definition) is 3. The second-order valence-corrected chi connectivity index (χ2v) is 4.02. The lowest BCUT2D eigenvalue weighted by atomic mass is 10.2. The van der Waals surface area contributed by atoms with Gasteiger partial charge in [-0.15, -0.1) is 0 Å². The predicted octanol–water partition coefficient (Wildman–Crippen LogP) is 0.452. The molecule has 0 spiro atoms. The second-order valence-electron chi connectivity index (χ2n) is 4.02. The minimum atomic E-state index is -0.877. The molecule has 6 heteroatoms. The summed E-state index contributed by atoms with van der Waals surface area (Å²) in [6.45, 7) is 0.967. The van der Waals surface area contributed by atoms with Gasteiger partial charge in [-0.05, 0) is 18.6 Å². The molecule has 0 bridgehead atoms. The summed E-state index contributed by atoms with van der Waals surface area (Å²) in [6, 6.07) is 5.06. The van der Waals surface area contributed by atoms with Crippen molar-refractivity contribution in [2.75, 3.05) is 13.2 Å². The zero-order valence-corrected chi connectivity index (χ0v) is 10.7. The molecule has 0 aromatic heterocycles. The van der Waals surface area contributed by atoms with Gasteiger partial charge in [-0.3, -0.25) is 4.79 Å². The van der Waals surface area contributed by atoms with E-state index in [2.05, 4.69) is 5.32 Å². The first-order valence-corrected chi connectivity index (χ1v) is 6.05. The fourth-order valence-corrected chi connectivity index (χ4v) is 1.46. The third-order valence-electron chi connectivity index (χ3n) is 2.56. The van der Waals surface area contributed by atoms with Gasteiger partial charge in [-0.1, -0.05) is 19.1 Å². The maximum absolute atomic E-state index is 13.4. The van der Waals surface area contributed by atoms with E-state index in [1.807, 2.05) is 0 Å². The first kappa shape index (κ1) is 15.4. The van der Waals surface area contributed by atoms with E-state index >= 15 is 0 Å². The van der Waals surface area contributed by atoms with Crippen LogP contribution < -0.4 is 10.1 Å². The van der Waals surface area contributed by atoms with Crippen LogP contribution in [0.1, 0.15) is 13.3 Å². The van der Waals surface area contributed by atoms with E-state index < -0.39 is 23.9 Å². The van der Waals surface area contributed by atoms with Crippen LogP contribution in [0.2, 0.25) is 0 Å². The summed E-state index contributed by atoms with van der Waals surface area (Å²) in [5.41, 5.74) is 0. The molecule has 0 aliphatic carbocycles. The van der Waals surface area contributed by atoms with Crippen LogP contribution in [0.5, 0.6) is 5.75 Å². The Labute approximate surface area is 111 Å². The van der Waals surface area contributed by atoms with Gasteiger partial charge in [-0.2, -0.15) is 0 Å². The van der Waals surface area contributed by atoms with Crippen LogP contribution in [0.15, 0.2) is 24.3 Å². The van der Waals surface area contributed by atoms with E-state index in [0.717, 1.165) is 0 Å². The Kier molecular flexibility index (Phi) is 6.24. The summed E-state index contributed by atoms with van der Waals surface area (Å²) >= 11 is 0. The highest BCUT2D eigenvalue weighted by molar-refractivity contribution is 5.81. The van der Waals surface area contributed by atoms with Gasteiger partial charge in [0.15, 0.2) is 17.7 Å². The maximum Gasteiger partial charge on any atom is 0.261 e. The Morgan fingerprint density at radius 2 is 2.00 bits per heavy atom. The number of hydrogen-bond acceptors (Lipinski definition) is 4. The van der Waals surface area contributed by atoms with Crippen LogP contribution in [0, 0.1) is 5.82 Å². The summed E-state index contributed by atoms with van der Waals surface area (Å²) < 4.78 is 18.7. The predicted molar refractivity (Wildman–Crippen MR) is 67.2 cm³/mol. The van der Waals surface area contributed by atoms with Crippen molar-refractivity contribution in [1.29, 1.82) is 0 Å². The van der Waals surface area contributed by atoms with Crippen LogP contribution in [-0.4, -0.2) is 41.5 Å². The molecule has 0 saturated carbocycles. The van der Waals surface area contributed by atoms with E-state index in [1.54, 1.807) is 13.0 Å². The standard InChI is InChI=1S/C13H18FNO4/c1-2-11(13(18)15-9(7-16)8-17)19-12-6-4-3-5-10(12)14/h3-6,9,11,16-17H,2,7-8H2,1H3,(H,15,18). The van der Waals surface area contributed by atoms with E-state index in [0.29, 0.717) is 6.42 Å². The van der Waals surface area contributed by atoms with Gasteiger partial charge < -0.3 is 20.3 Å². The molecule has 106 valence electrons. The summed E-state index contributed by atoms with van der Waals surface area (Å²) in [7, 11) is 0. The van der Waals surface area contributed by atoms with Gasteiger partial charge in [0.25, 0.3) is 5.91 Å². The fourth-order valence-electron chi connectivity index (χ4n) is 1.46. The van der Waals surface area contributed by atoms with Crippen molar-refractivity contribution < 1.29 is 24.1 Å². The van der Waals surface area contributed by atoms with E-state index in [4.69, 9.17) is 14.9 Å². The molecule has 3 N–H and O–H groups in total. The Balaban J connectivity index is 2.68. The number of amides is 1. The summed E-state index contributed by atoms with van der Waals surface area (Å²) in [6.07, 6.45) is -0.540. The van der Waals surface area contributed by atoms with Crippen molar-refractivity contribution in [3.05, 3.63) is 30.1 Å². The van der Waals surface area contributed by atoms with Gasteiger partial charge in [0.1, 0.15) is 0 Å². The van der Waals surface area contributed by atoms with Crippen LogP contribution >= 0.6 is 0 Å². The molecule has 1 aromatic rings. The van der Waals surface area contributed by atoms with Gasteiger partial charge in [-0.25, -0.2) is 4.39 Å². The monoisotopic (exact) mass is 271 g/mol. The number of carbonyl (C=O) groups is 1. The molecule has 1 unspecified atom stereocenters. The van der Waals surface area contributed by atoms with Gasteiger partial charge in [0.2, 0.25) is 0 Å². The van der Waals surface area contributed by atoms with Crippen LogP contribution in [-0.2, 0) is 4.79 Å². The van der Waals surface area contributed by atoms with Gasteiger partial charge in [0.05, 0.1) is 19.3 Å². The lowest BCUT2D eigenvalue weighted by Gasteiger charge is -2.20. The molecule has 5 nitrogen and oxygen atoms in total. The number of aliphatic hydroxyl groups excluding tert-OH is 2. The highest BCUT2D eigenvalue weighted by Crippen LogP contribution is 2.18. The first-order chi connectivity index (χ1) is 9.12. The zero-order valence-electron chi connectivity index (χ0n) is 10.7. The quantitative estimate of drug-likeness (QED) is 0.673. The maximum atomic E-state index is 13.4. The third-order valence-corrected chi connectivity index (χ3v) is 2.56. The number of aliphatic hydroxyl groups is 2. The highest BCUT2D eigenvalue weighted by Gasteiger charge is 2.22. The molecule has 0 radical (unpaired) electrons. The molecule has 1 rings (SSSR count). The smallest absolute Gasteiger partial charge is 0.261 e. The van der Waals surface area contributed by atoms with Gasteiger partial charge >= 0.3 is 0 Å². The van der Waals surface area contributed by atoms with Crippen molar-refractivity contribution in [1.82, 2.24) is 5.32 Å². The topological polar surface area (TPSA) is 78.8 Å². The van der Waals surface area contributed by atoms with Crippen molar-refractivity contribution in [3.8, 4) is 5.75 Å². The van der Waals surface area contributed by atoms with Crippen molar-refractivity contribution in [2.24, 2.45) is 0 Å². The number of nitrogens with one attached hydrogen (secondary N) is 1. The normalized spacial score (nSPS) is 12.3. The molecule has 0 aliphatic heterocycles. The average molecular weight is 271 g/mol. The van der Waals surface area contributed by atoms with Crippen LogP contribution in [0.25, 0.3) is 0 Å². The third kappa shape index (κ3) is 4.50. The molecule has 0 saturated heterocycles. The van der Waals surface area contributed by atoms with Gasteiger partial charge in [0, 0.05) is 0 Å². The molecule has 1 atom stereocenters. The summed E-state index contributed by atoms with van der Waals surface area (Å²) in [4.78, 5) is 11.8. The Morgan fingerprint density at radius 3 is 2.53 bits per heavy atom. The van der Waals surface area contributed by atoms with Crippen LogP contribution in [0.3, 0.4) is 0 Å². The van der Waals surface area contributed by atoms with Crippen LogP contribution in [0.4, 0.5) is 4.39 Å². The molecule has 0 aliphatic rings. The van der Waals surface area contributed by atoms with Crippen molar-refractivity contribution in [2.45, 2.75) is 25.5 Å². The number of benzene rings is 1. The van der Waals surface area contributed by atoms with Crippen molar-refractivity contribution >= 4 is 5.91 Å². The van der Waals surface area contributed by atoms with Crippen molar-refractivity contribution in [3.63, 3.8) is 0 Å². The lowest BCUT2D eigenvalue weighted by molar-refractivity contribution is -0.129. The Hall–Kier alpha value is -1.66. The molecule has 1 aromatic carbocycles. The minimum absolute atomic E-state index is 0.00551. The molecule has 0 fully saturated rings. The number of carbonyl (C=O) groups excluding carboxylic acids is 1.